The Balaban J connectivity index is 0.000000659. The molecule has 0 bridgehead atoms. The van der Waals surface area contributed by atoms with Gasteiger partial charge in [-0.15, -0.1) is 0 Å². The van der Waals surface area contributed by atoms with Crippen molar-refractivity contribution in [1.29, 1.82) is 0 Å². The van der Waals surface area contributed by atoms with Crippen LogP contribution in [0.5, 0.6) is 0 Å². The van der Waals surface area contributed by atoms with Gasteiger partial charge in [-0.2, -0.15) is 0 Å². The quantitative estimate of drug-likeness (QED) is 0.664. The van der Waals surface area contributed by atoms with Crippen LogP contribution in [0.15, 0.2) is 36.9 Å². The van der Waals surface area contributed by atoms with Gasteiger partial charge in [0.2, 0.25) is 0 Å². The third-order valence-corrected chi connectivity index (χ3v) is 2.54. The van der Waals surface area contributed by atoms with Crippen molar-refractivity contribution in [2.75, 3.05) is 5.73 Å². The number of hydrogen-bond donors (Lipinski definition) is 1. The van der Waals surface area contributed by atoms with Crippen LogP contribution in [0.3, 0.4) is 0 Å². The summed E-state index contributed by atoms with van der Waals surface area (Å²) in [5, 5.41) is 2.29. The molecule has 0 radical (unpaired) electrons. The zero-order valence-electron chi connectivity index (χ0n) is 12.2. The molecule has 0 aliphatic carbocycles. The summed E-state index contributed by atoms with van der Waals surface area (Å²) in [7, 11) is 0. The minimum Gasteiger partial charge on any atom is -0.398 e. The van der Waals surface area contributed by atoms with Gasteiger partial charge in [-0.3, -0.25) is 0 Å². The van der Waals surface area contributed by atoms with Gasteiger partial charge in [-0.05, 0) is 17.9 Å². The smallest absolute Gasteiger partial charge is 0.0469 e. The summed E-state index contributed by atoms with van der Waals surface area (Å²) in [5.41, 5.74) is 9.11. The highest BCUT2D eigenvalue weighted by Gasteiger charge is 2.04. The SMILES string of the molecule is C=Cc1c(C)cc2ccccc2c1N.CC.CC. The maximum Gasteiger partial charge on any atom is 0.0469 e. The Morgan fingerprint density at radius 1 is 1.06 bits per heavy atom. The molecule has 0 saturated heterocycles. The molecule has 18 heavy (non-hydrogen) atoms. The van der Waals surface area contributed by atoms with Gasteiger partial charge in [0.25, 0.3) is 0 Å². The highest BCUT2D eigenvalue weighted by molar-refractivity contribution is 5.97. The van der Waals surface area contributed by atoms with Gasteiger partial charge < -0.3 is 5.73 Å². The molecule has 0 amide bonds. The standard InChI is InChI=1S/C13H13N.2C2H6/c1-3-11-9(2)8-10-6-4-5-7-12(10)13(11)14;2*1-2/h3-8H,1,14H2,2H3;2*1-2H3. The average Bonchev–Trinajstić information content (AvgIpc) is 2.44. The second-order valence-electron chi connectivity index (χ2n) is 3.45. The first-order valence-electron chi connectivity index (χ1n) is 6.64. The monoisotopic (exact) mass is 243 g/mol. The molecule has 2 N–H and O–H groups in total. The molecule has 0 aliphatic rings. The van der Waals surface area contributed by atoms with Crippen LogP contribution in [0.4, 0.5) is 5.69 Å². The summed E-state index contributed by atoms with van der Waals surface area (Å²) in [4.78, 5) is 0. The zero-order chi connectivity index (χ0) is 14.1. The summed E-state index contributed by atoms with van der Waals surface area (Å²) in [5.74, 6) is 0. The fraction of sp³-hybridized carbons (Fsp3) is 0.294. The van der Waals surface area contributed by atoms with Crippen molar-refractivity contribution in [1.82, 2.24) is 0 Å². The summed E-state index contributed by atoms with van der Waals surface area (Å²) < 4.78 is 0. The number of fused-ring (bicyclic) bond motifs is 1. The van der Waals surface area contributed by atoms with Crippen LogP contribution in [-0.4, -0.2) is 0 Å². The van der Waals surface area contributed by atoms with Gasteiger partial charge in [0.05, 0.1) is 0 Å². The second kappa shape index (κ2) is 8.35. The topological polar surface area (TPSA) is 26.0 Å². The maximum atomic E-state index is 6.06. The van der Waals surface area contributed by atoms with E-state index in [0.29, 0.717) is 0 Å². The first-order chi connectivity index (χ1) is 8.74. The molecule has 0 aliphatic heterocycles. The molecule has 2 rings (SSSR count). The highest BCUT2D eigenvalue weighted by Crippen LogP contribution is 2.28. The molecule has 0 spiro atoms. The Kier molecular flexibility index (Phi) is 7.53. The molecule has 1 nitrogen and oxygen atoms in total. The van der Waals surface area contributed by atoms with Gasteiger partial charge in [-0.1, -0.05) is 70.7 Å². The summed E-state index contributed by atoms with van der Waals surface area (Å²) in [6, 6.07) is 10.3. The van der Waals surface area contributed by atoms with Crippen LogP contribution >= 0.6 is 0 Å². The van der Waals surface area contributed by atoms with Gasteiger partial charge in [0.1, 0.15) is 0 Å². The van der Waals surface area contributed by atoms with Crippen LogP contribution in [-0.2, 0) is 0 Å². The summed E-state index contributed by atoms with van der Waals surface area (Å²) in [6.45, 7) is 13.8. The number of aryl methyl sites for hydroxylation is 1. The fourth-order valence-electron chi connectivity index (χ4n) is 1.81. The van der Waals surface area contributed by atoms with Crippen molar-refractivity contribution in [3.05, 3.63) is 48.0 Å². The van der Waals surface area contributed by atoms with Gasteiger partial charge in [0.15, 0.2) is 0 Å². The van der Waals surface area contributed by atoms with Crippen LogP contribution in [0.2, 0.25) is 0 Å². The normalized spacial score (nSPS) is 8.72. The number of benzene rings is 2. The van der Waals surface area contributed by atoms with Crippen molar-refractivity contribution in [2.45, 2.75) is 34.6 Å². The largest absolute Gasteiger partial charge is 0.398 e. The van der Waals surface area contributed by atoms with Crippen molar-refractivity contribution < 1.29 is 0 Å². The molecule has 0 heterocycles. The lowest BCUT2D eigenvalue weighted by Gasteiger charge is -2.09. The Bertz CT molecular complexity index is 498. The van der Waals surface area contributed by atoms with Crippen molar-refractivity contribution in [2.24, 2.45) is 0 Å². The van der Waals surface area contributed by atoms with Crippen LogP contribution in [0.25, 0.3) is 16.8 Å². The summed E-state index contributed by atoms with van der Waals surface area (Å²) >= 11 is 0. The average molecular weight is 243 g/mol. The third kappa shape index (κ3) is 3.36. The van der Waals surface area contributed by atoms with E-state index in [0.717, 1.165) is 16.6 Å². The number of anilines is 1. The summed E-state index contributed by atoms with van der Waals surface area (Å²) in [6.07, 6.45) is 1.82. The van der Waals surface area contributed by atoms with E-state index in [9.17, 15) is 0 Å². The molecule has 2 aromatic carbocycles. The van der Waals surface area contributed by atoms with Gasteiger partial charge in [0, 0.05) is 16.6 Å². The number of rotatable bonds is 1. The minimum atomic E-state index is 0.829. The molecule has 0 fully saturated rings. The fourth-order valence-corrected chi connectivity index (χ4v) is 1.81. The lowest BCUT2D eigenvalue weighted by molar-refractivity contribution is 1.47. The molecule has 0 atom stereocenters. The van der Waals surface area contributed by atoms with Crippen molar-refractivity contribution in [3.8, 4) is 0 Å². The van der Waals surface area contributed by atoms with Crippen LogP contribution in [0.1, 0.15) is 38.8 Å². The predicted molar refractivity (Wildman–Crippen MR) is 85.9 cm³/mol. The van der Waals surface area contributed by atoms with E-state index in [2.05, 4.69) is 25.6 Å². The Morgan fingerprint density at radius 3 is 2.17 bits per heavy atom. The van der Waals surface area contributed by atoms with E-state index >= 15 is 0 Å². The maximum absolute atomic E-state index is 6.06. The van der Waals surface area contributed by atoms with Gasteiger partial charge in [-0.25, -0.2) is 0 Å². The van der Waals surface area contributed by atoms with E-state index in [1.807, 2.05) is 52.0 Å². The first kappa shape index (κ1) is 16.2. The molecule has 2 aromatic rings. The van der Waals surface area contributed by atoms with E-state index < -0.39 is 0 Å². The predicted octanol–water partition coefficient (Wildman–Crippen LogP) is 5.43. The second-order valence-corrected chi connectivity index (χ2v) is 3.45. The molecular formula is C17H25N. The zero-order valence-corrected chi connectivity index (χ0v) is 12.2. The molecule has 98 valence electrons. The lowest BCUT2D eigenvalue weighted by Crippen LogP contribution is -1.93. The molecule has 0 saturated carbocycles. The molecule has 1 heteroatoms. The molecule has 0 unspecified atom stereocenters. The third-order valence-electron chi connectivity index (χ3n) is 2.54. The molecular weight excluding hydrogens is 218 g/mol. The number of nitrogen functional groups attached to an aromatic ring is 1. The van der Waals surface area contributed by atoms with Crippen molar-refractivity contribution in [3.63, 3.8) is 0 Å². The Morgan fingerprint density at radius 2 is 1.61 bits per heavy atom. The number of nitrogens with two attached hydrogens (primary N) is 1. The Hall–Kier alpha value is -1.76. The van der Waals surface area contributed by atoms with E-state index in [4.69, 9.17) is 5.73 Å². The van der Waals surface area contributed by atoms with Crippen LogP contribution < -0.4 is 5.73 Å². The van der Waals surface area contributed by atoms with E-state index in [1.165, 1.54) is 10.9 Å². The Labute approximate surface area is 111 Å². The first-order valence-corrected chi connectivity index (χ1v) is 6.64. The van der Waals surface area contributed by atoms with E-state index in [-0.39, 0.29) is 0 Å². The minimum absolute atomic E-state index is 0.829. The van der Waals surface area contributed by atoms with E-state index in [1.54, 1.807) is 0 Å². The van der Waals surface area contributed by atoms with Gasteiger partial charge >= 0.3 is 0 Å². The van der Waals surface area contributed by atoms with Crippen molar-refractivity contribution >= 4 is 22.5 Å². The highest BCUT2D eigenvalue weighted by atomic mass is 14.6. The number of hydrogen-bond acceptors (Lipinski definition) is 1. The lowest BCUT2D eigenvalue weighted by atomic mass is 9.99. The van der Waals surface area contributed by atoms with Crippen LogP contribution in [0, 0.1) is 6.92 Å². The molecule has 0 aromatic heterocycles.